The van der Waals surface area contributed by atoms with Crippen molar-refractivity contribution in [3.63, 3.8) is 0 Å². The second kappa shape index (κ2) is 9.40. The van der Waals surface area contributed by atoms with Crippen LogP contribution in [0.2, 0.25) is 5.02 Å². The van der Waals surface area contributed by atoms with Gasteiger partial charge in [0.15, 0.2) is 9.84 Å². The second-order valence-corrected chi connectivity index (χ2v) is 13.6. The standard InChI is InChI=1S/C24H32ClF2N3O5S/c1-23(2,3)30-8-6-28(7-9-30)15-4-5-20(19(25)10-15)36(34,35)16-11-17(18(12-16)22(32)33)21(31)29-13-24(26,27)14-29/h4-5,10,16-18H,6-9,11-14H2,1-3H3,(H,32,33)/t16-,17-,18-/m1/s1. The molecular formula is C24H32ClF2N3O5S. The lowest BCUT2D eigenvalue weighted by molar-refractivity contribution is -0.172. The third-order valence-electron chi connectivity index (χ3n) is 7.56. The van der Waals surface area contributed by atoms with Crippen molar-refractivity contribution in [3.05, 3.63) is 23.2 Å². The zero-order chi connectivity index (χ0) is 26.6. The van der Waals surface area contributed by atoms with E-state index in [0.29, 0.717) is 0 Å². The van der Waals surface area contributed by atoms with Crippen LogP contribution in [-0.2, 0) is 19.4 Å². The van der Waals surface area contributed by atoms with Gasteiger partial charge in [-0.15, -0.1) is 0 Å². The quantitative estimate of drug-likeness (QED) is 0.605. The highest BCUT2D eigenvalue weighted by Crippen LogP contribution is 2.42. The molecule has 8 nitrogen and oxygen atoms in total. The molecule has 3 atom stereocenters. The molecule has 36 heavy (non-hydrogen) atoms. The van der Waals surface area contributed by atoms with Crippen molar-refractivity contribution in [1.82, 2.24) is 9.80 Å². The molecule has 1 N–H and O–H groups in total. The number of anilines is 1. The summed E-state index contributed by atoms with van der Waals surface area (Å²) in [7, 11) is -4.06. The molecule has 3 fully saturated rings. The fourth-order valence-corrected chi connectivity index (χ4v) is 7.79. The van der Waals surface area contributed by atoms with E-state index in [9.17, 15) is 31.9 Å². The van der Waals surface area contributed by atoms with Gasteiger partial charge in [0.25, 0.3) is 5.92 Å². The van der Waals surface area contributed by atoms with E-state index in [4.69, 9.17) is 11.6 Å². The minimum Gasteiger partial charge on any atom is -0.481 e. The molecule has 0 spiro atoms. The number of carbonyl (C=O) groups is 2. The van der Waals surface area contributed by atoms with Crippen LogP contribution in [0.5, 0.6) is 0 Å². The van der Waals surface area contributed by atoms with Gasteiger partial charge in [-0.3, -0.25) is 14.5 Å². The number of likely N-dealkylation sites (tertiary alicyclic amines) is 1. The topological polar surface area (TPSA) is 98.2 Å². The van der Waals surface area contributed by atoms with E-state index in [2.05, 4.69) is 30.6 Å². The summed E-state index contributed by atoms with van der Waals surface area (Å²) in [4.78, 5) is 29.8. The fourth-order valence-electron chi connectivity index (χ4n) is 5.43. The van der Waals surface area contributed by atoms with Crippen molar-refractivity contribution >= 4 is 39.0 Å². The van der Waals surface area contributed by atoms with Crippen molar-refractivity contribution in [2.45, 2.75) is 55.2 Å². The Hall–Kier alpha value is -1.98. The molecule has 2 heterocycles. The van der Waals surface area contributed by atoms with Crippen LogP contribution in [0.15, 0.2) is 23.1 Å². The number of rotatable bonds is 5. The number of hydrogen-bond acceptors (Lipinski definition) is 6. The molecule has 0 unspecified atom stereocenters. The Labute approximate surface area is 215 Å². The van der Waals surface area contributed by atoms with Gasteiger partial charge in [0.1, 0.15) is 0 Å². The molecule has 4 rings (SSSR count). The van der Waals surface area contributed by atoms with Crippen LogP contribution in [0.3, 0.4) is 0 Å². The number of carboxylic acid groups (broad SMARTS) is 1. The van der Waals surface area contributed by atoms with Crippen LogP contribution >= 0.6 is 11.6 Å². The van der Waals surface area contributed by atoms with Crippen LogP contribution in [0.4, 0.5) is 14.5 Å². The first-order valence-corrected chi connectivity index (χ1v) is 14.0. The number of piperazine rings is 1. The monoisotopic (exact) mass is 547 g/mol. The summed E-state index contributed by atoms with van der Waals surface area (Å²) in [5, 5.41) is 8.51. The van der Waals surface area contributed by atoms with Crippen molar-refractivity contribution in [3.8, 4) is 0 Å². The first-order chi connectivity index (χ1) is 16.6. The van der Waals surface area contributed by atoms with E-state index >= 15 is 0 Å². The van der Waals surface area contributed by atoms with Gasteiger partial charge < -0.3 is 14.9 Å². The van der Waals surface area contributed by atoms with Crippen LogP contribution in [-0.4, -0.2) is 91.2 Å². The molecule has 1 amide bonds. The number of amides is 1. The number of alkyl halides is 2. The summed E-state index contributed by atoms with van der Waals surface area (Å²) in [5.41, 5.74) is 0.862. The van der Waals surface area contributed by atoms with Crippen molar-refractivity contribution in [2.24, 2.45) is 11.8 Å². The van der Waals surface area contributed by atoms with E-state index < -0.39 is 57.8 Å². The molecule has 0 aromatic heterocycles. The fraction of sp³-hybridized carbons (Fsp3) is 0.667. The highest BCUT2D eigenvalue weighted by atomic mass is 35.5. The summed E-state index contributed by atoms with van der Waals surface area (Å²) < 4.78 is 53.4. The van der Waals surface area contributed by atoms with Gasteiger partial charge in [0, 0.05) is 37.4 Å². The van der Waals surface area contributed by atoms with Gasteiger partial charge >= 0.3 is 5.97 Å². The SMILES string of the molecule is CC(C)(C)N1CCN(c2ccc(S(=O)(=O)[C@H]3C[C@@H](C(=O)O)[C@H](C(=O)N4CC(F)(F)C4)C3)c(Cl)c2)CC1. The predicted molar refractivity (Wildman–Crippen MR) is 131 cm³/mol. The molecule has 3 aliphatic rings. The molecule has 2 aliphatic heterocycles. The minimum absolute atomic E-state index is 0.0368. The Bertz CT molecular complexity index is 1140. The number of carbonyl (C=O) groups excluding carboxylic acids is 1. The molecule has 1 saturated carbocycles. The molecule has 200 valence electrons. The number of hydrogen-bond donors (Lipinski definition) is 1. The number of nitrogens with zero attached hydrogens (tertiary/aromatic N) is 3. The van der Waals surface area contributed by atoms with E-state index in [-0.39, 0.29) is 28.3 Å². The van der Waals surface area contributed by atoms with Crippen LogP contribution in [0, 0.1) is 11.8 Å². The van der Waals surface area contributed by atoms with Crippen LogP contribution in [0.1, 0.15) is 33.6 Å². The highest BCUT2D eigenvalue weighted by molar-refractivity contribution is 7.92. The molecule has 1 aliphatic carbocycles. The van der Waals surface area contributed by atoms with E-state index in [1.54, 1.807) is 12.1 Å². The van der Waals surface area contributed by atoms with Gasteiger partial charge in [0.2, 0.25) is 5.91 Å². The Kier molecular flexibility index (Phi) is 7.07. The van der Waals surface area contributed by atoms with Gasteiger partial charge in [0.05, 0.1) is 40.1 Å². The first kappa shape index (κ1) is 27.1. The maximum atomic E-state index is 13.4. The van der Waals surface area contributed by atoms with Gasteiger partial charge in [-0.1, -0.05) is 11.6 Å². The second-order valence-electron chi connectivity index (χ2n) is 11.0. The van der Waals surface area contributed by atoms with E-state index in [1.165, 1.54) is 6.07 Å². The maximum Gasteiger partial charge on any atom is 0.307 e. The molecule has 0 radical (unpaired) electrons. The lowest BCUT2D eigenvalue weighted by Crippen LogP contribution is -2.60. The van der Waals surface area contributed by atoms with Gasteiger partial charge in [-0.2, -0.15) is 0 Å². The minimum atomic E-state index is -4.06. The highest BCUT2D eigenvalue weighted by Gasteiger charge is 2.53. The normalized spacial score (nSPS) is 27.1. The Balaban J connectivity index is 1.49. The predicted octanol–water partition coefficient (Wildman–Crippen LogP) is 2.99. The molecule has 1 aromatic rings. The summed E-state index contributed by atoms with van der Waals surface area (Å²) in [6, 6.07) is 4.74. The van der Waals surface area contributed by atoms with E-state index in [1.807, 2.05) is 0 Å². The lowest BCUT2D eigenvalue weighted by Gasteiger charge is -2.43. The molecule has 0 bridgehead atoms. The Morgan fingerprint density at radius 2 is 1.64 bits per heavy atom. The average molecular weight is 548 g/mol. The number of carboxylic acids is 1. The third-order valence-corrected chi connectivity index (χ3v) is 10.2. The summed E-state index contributed by atoms with van der Waals surface area (Å²) in [6.07, 6.45) is -0.516. The molecule has 12 heteroatoms. The number of benzene rings is 1. The largest absolute Gasteiger partial charge is 0.481 e. The molecular weight excluding hydrogens is 516 g/mol. The van der Waals surface area contributed by atoms with Crippen LogP contribution < -0.4 is 4.90 Å². The zero-order valence-electron chi connectivity index (χ0n) is 20.6. The van der Waals surface area contributed by atoms with Crippen molar-refractivity contribution in [2.75, 3.05) is 44.2 Å². The molecule has 2 saturated heterocycles. The molecule has 1 aromatic carbocycles. The Morgan fingerprint density at radius 3 is 2.14 bits per heavy atom. The number of sulfone groups is 1. The number of halogens is 3. The summed E-state index contributed by atoms with van der Waals surface area (Å²) in [6.45, 7) is 8.18. The third kappa shape index (κ3) is 5.19. The summed E-state index contributed by atoms with van der Waals surface area (Å²) in [5.74, 6) is -7.47. The average Bonchev–Trinajstić information content (AvgIpc) is 3.23. The van der Waals surface area contributed by atoms with Gasteiger partial charge in [-0.05, 0) is 51.8 Å². The van der Waals surface area contributed by atoms with Crippen molar-refractivity contribution in [1.29, 1.82) is 0 Å². The number of aliphatic carboxylic acids is 1. The van der Waals surface area contributed by atoms with E-state index in [0.717, 1.165) is 36.8 Å². The van der Waals surface area contributed by atoms with Gasteiger partial charge in [-0.25, -0.2) is 17.2 Å². The van der Waals surface area contributed by atoms with Crippen LogP contribution in [0.25, 0.3) is 0 Å². The smallest absolute Gasteiger partial charge is 0.307 e. The summed E-state index contributed by atoms with van der Waals surface area (Å²) >= 11 is 6.43. The first-order valence-electron chi connectivity index (χ1n) is 12.0. The van der Waals surface area contributed by atoms with Crippen molar-refractivity contribution < 1.29 is 31.9 Å². The Morgan fingerprint density at radius 1 is 1.06 bits per heavy atom. The lowest BCUT2D eigenvalue weighted by atomic mass is 9.93. The zero-order valence-corrected chi connectivity index (χ0v) is 22.2. The maximum absolute atomic E-state index is 13.4.